The Bertz CT molecular complexity index is 955. The zero-order valence-corrected chi connectivity index (χ0v) is 18.9. The van der Waals surface area contributed by atoms with Gasteiger partial charge in [-0.1, -0.05) is 11.6 Å². The standard InChI is InChI=1S/C24H28ClFN4O2/c1-24(26)12-15-29(16-13-24)19-8-10-20(11-9-19)30-14-2-3-21(22(30)31)28-23(32)27-18-6-4-17(25)5-7-18/h4-11,21H,2-3,12-16H2,1H3,(H2,27,28,32). The van der Waals surface area contributed by atoms with Crippen molar-refractivity contribution in [3.63, 3.8) is 0 Å². The Labute approximate surface area is 192 Å². The van der Waals surface area contributed by atoms with Crippen molar-refractivity contribution in [2.24, 2.45) is 0 Å². The molecular weight excluding hydrogens is 431 g/mol. The van der Waals surface area contributed by atoms with Crippen LogP contribution in [-0.2, 0) is 4.79 Å². The Morgan fingerprint density at radius 2 is 1.66 bits per heavy atom. The normalized spacial score (nSPS) is 20.7. The number of carbonyl (C=O) groups excluding carboxylic acids is 2. The zero-order valence-electron chi connectivity index (χ0n) is 18.1. The second kappa shape index (κ2) is 9.36. The molecule has 2 heterocycles. The molecule has 4 rings (SSSR count). The van der Waals surface area contributed by atoms with Crippen molar-refractivity contribution >= 4 is 40.6 Å². The summed E-state index contributed by atoms with van der Waals surface area (Å²) in [5, 5.41) is 6.10. The Morgan fingerprint density at radius 3 is 2.31 bits per heavy atom. The molecule has 8 heteroatoms. The number of hydrogen-bond donors (Lipinski definition) is 2. The second-order valence-corrected chi connectivity index (χ2v) is 9.14. The maximum Gasteiger partial charge on any atom is 0.319 e. The maximum absolute atomic E-state index is 14.1. The summed E-state index contributed by atoms with van der Waals surface area (Å²) in [6.07, 6.45) is 2.42. The van der Waals surface area contributed by atoms with Crippen molar-refractivity contribution in [1.82, 2.24) is 5.32 Å². The first-order valence-electron chi connectivity index (χ1n) is 11.0. The Balaban J connectivity index is 1.36. The molecule has 2 N–H and O–H groups in total. The first-order valence-corrected chi connectivity index (χ1v) is 11.4. The molecule has 1 unspecified atom stereocenters. The minimum absolute atomic E-state index is 0.124. The molecule has 170 valence electrons. The van der Waals surface area contributed by atoms with Crippen LogP contribution in [0.15, 0.2) is 48.5 Å². The van der Waals surface area contributed by atoms with Gasteiger partial charge < -0.3 is 20.4 Å². The molecular formula is C24H28ClFN4O2. The number of hydrogen-bond acceptors (Lipinski definition) is 3. The first-order chi connectivity index (χ1) is 15.3. The van der Waals surface area contributed by atoms with Gasteiger partial charge in [0.05, 0.1) is 0 Å². The zero-order chi connectivity index (χ0) is 22.7. The van der Waals surface area contributed by atoms with Crippen molar-refractivity contribution in [2.75, 3.05) is 34.8 Å². The lowest BCUT2D eigenvalue weighted by molar-refractivity contribution is -0.121. The monoisotopic (exact) mass is 458 g/mol. The summed E-state index contributed by atoms with van der Waals surface area (Å²) in [7, 11) is 0. The maximum atomic E-state index is 14.1. The van der Waals surface area contributed by atoms with Gasteiger partial charge in [-0.15, -0.1) is 0 Å². The lowest BCUT2D eigenvalue weighted by Gasteiger charge is -2.36. The molecule has 3 amide bonds. The molecule has 0 spiro atoms. The van der Waals surface area contributed by atoms with E-state index in [-0.39, 0.29) is 5.91 Å². The molecule has 0 bridgehead atoms. The van der Waals surface area contributed by atoms with Crippen LogP contribution in [0.25, 0.3) is 0 Å². The van der Waals surface area contributed by atoms with Gasteiger partial charge in [-0.25, -0.2) is 9.18 Å². The average Bonchev–Trinajstić information content (AvgIpc) is 2.77. The van der Waals surface area contributed by atoms with Crippen LogP contribution >= 0.6 is 11.6 Å². The van der Waals surface area contributed by atoms with Gasteiger partial charge in [0, 0.05) is 41.7 Å². The number of alkyl halides is 1. The fraction of sp³-hybridized carbons (Fsp3) is 0.417. The number of halogens is 2. The SMILES string of the molecule is CC1(F)CCN(c2ccc(N3CCCC(NC(=O)Nc4ccc(Cl)cc4)C3=O)cc2)CC1. The van der Waals surface area contributed by atoms with E-state index in [0.29, 0.717) is 49.6 Å². The van der Waals surface area contributed by atoms with E-state index >= 15 is 0 Å². The number of anilines is 3. The summed E-state index contributed by atoms with van der Waals surface area (Å²) < 4.78 is 14.1. The van der Waals surface area contributed by atoms with E-state index in [2.05, 4.69) is 15.5 Å². The van der Waals surface area contributed by atoms with Crippen molar-refractivity contribution < 1.29 is 14.0 Å². The molecule has 2 aliphatic heterocycles. The molecule has 2 saturated heterocycles. The third-order valence-electron chi connectivity index (χ3n) is 6.18. The number of benzene rings is 2. The first kappa shape index (κ1) is 22.4. The van der Waals surface area contributed by atoms with E-state index in [4.69, 9.17) is 11.6 Å². The Morgan fingerprint density at radius 1 is 1.03 bits per heavy atom. The number of urea groups is 1. The van der Waals surface area contributed by atoms with E-state index in [0.717, 1.165) is 17.8 Å². The number of amides is 3. The smallest absolute Gasteiger partial charge is 0.319 e. The van der Waals surface area contributed by atoms with E-state index in [1.54, 1.807) is 36.1 Å². The van der Waals surface area contributed by atoms with Gasteiger partial charge >= 0.3 is 6.03 Å². The fourth-order valence-electron chi connectivity index (χ4n) is 4.20. The van der Waals surface area contributed by atoms with Crippen molar-refractivity contribution in [3.05, 3.63) is 53.6 Å². The molecule has 0 radical (unpaired) electrons. The fourth-order valence-corrected chi connectivity index (χ4v) is 4.32. The number of rotatable bonds is 4. The molecule has 2 aromatic rings. The summed E-state index contributed by atoms with van der Waals surface area (Å²) in [5.74, 6) is -0.124. The van der Waals surface area contributed by atoms with Gasteiger partial charge in [0.25, 0.3) is 0 Å². The molecule has 6 nitrogen and oxygen atoms in total. The largest absolute Gasteiger partial charge is 0.371 e. The lowest BCUT2D eigenvalue weighted by Crippen LogP contribution is -2.53. The molecule has 0 saturated carbocycles. The number of nitrogens with zero attached hydrogens (tertiary/aromatic N) is 2. The van der Waals surface area contributed by atoms with Gasteiger partial charge in [-0.3, -0.25) is 4.79 Å². The minimum Gasteiger partial charge on any atom is -0.371 e. The van der Waals surface area contributed by atoms with E-state index in [1.807, 2.05) is 24.3 Å². The topological polar surface area (TPSA) is 64.7 Å². The van der Waals surface area contributed by atoms with Gasteiger partial charge in [0.2, 0.25) is 5.91 Å². The van der Waals surface area contributed by atoms with Crippen LogP contribution in [0.4, 0.5) is 26.2 Å². The summed E-state index contributed by atoms with van der Waals surface area (Å²) in [6.45, 7) is 3.64. The number of nitrogens with one attached hydrogen (secondary N) is 2. The summed E-state index contributed by atoms with van der Waals surface area (Å²) in [4.78, 5) is 29.3. The van der Waals surface area contributed by atoms with Crippen molar-refractivity contribution in [2.45, 2.75) is 44.3 Å². The lowest BCUT2D eigenvalue weighted by atomic mass is 9.95. The highest BCUT2D eigenvalue weighted by atomic mass is 35.5. The van der Waals surface area contributed by atoms with Crippen LogP contribution < -0.4 is 20.4 Å². The molecule has 0 aromatic heterocycles. The highest BCUT2D eigenvalue weighted by Gasteiger charge is 2.32. The van der Waals surface area contributed by atoms with E-state index in [1.165, 1.54) is 0 Å². The van der Waals surface area contributed by atoms with Crippen LogP contribution in [0.1, 0.15) is 32.6 Å². The highest BCUT2D eigenvalue weighted by molar-refractivity contribution is 6.30. The molecule has 2 aliphatic rings. The third-order valence-corrected chi connectivity index (χ3v) is 6.43. The van der Waals surface area contributed by atoms with Crippen LogP contribution in [0, 0.1) is 0 Å². The predicted octanol–water partition coefficient (Wildman–Crippen LogP) is 4.99. The van der Waals surface area contributed by atoms with Gasteiger partial charge in [-0.2, -0.15) is 0 Å². The van der Waals surface area contributed by atoms with E-state index in [9.17, 15) is 14.0 Å². The third kappa shape index (κ3) is 5.33. The summed E-state index contributed by atoms with van der Waals surface area (Å²) in [5.41, 5.74) is 1.35. The number of carbonyl (C=O) groups is 2. The van der Waals surface area contributed by atoms with Crippen LogP contribution in [0.2, 0.25) is 5.02 Å². The number of piperidine rings is 2. The Kier molecular flexibility index (Phi) is 6.55. The summed E-state index contributed by atoms with van der Waals surface area (Å²) in [6, 6.07) is 13.6. The van der Waals surface area contributed by atoms with Gasteiger partial charge in [-0.05, 0) is 81.1 Å². The van der Waals surface area contributed by atoms with Crippen LogP contribution in [0.3, 0.4) is 0 Å². The van der Waals surface area contributed by atoms with Crippen LogP contribution in [0.5, 0.6) is 0 Å². The average molecular weight is 459 g/mol. The predicted molar refractivity (Wildman–Crippen MR) is 126 cm³/mol. The minimum atomic E-state index is -1.08. The van der Waals surface area contributed by atoms with Crippen molar-refractivity contribution in [1.29, 1.82) is 0 Å². The van der Waals surface area contributed by atoms with Gasteiger partial charge in [0.1, 0.15) is 11.7 Å². The Hall–Kier alpha value is -2.80. The van der Waals surface area contributed by atoms with Crippen LogP contribution in [-0.4, -0.2) is 43.3 Å². The van der Waals surface area contributed by atoms with E-state index < -0.39 is 17.7 Å². The van der Waals surface area contributed by atoms with Gasteiger partial charge in [0.15, 0.2) is 0 Å². The highest BCUT2D eigenvalue weighted by Crippen LogP contribution is 2.30. The summed E-state index contributed by atoms with van der Waals surface area (Å²) >= 11 is 5.87. The quantitative estimate of drug-likeness (QED) is 0.678. The molecule has 32 heavy (non-hydrogen) atoms. The molecule has 0 aliphatic carbocycles. The molecule has 2 fully saturated rings. The second-order valence-electron chi connectivity index (χ2n) is 8.71. The van der Waals surface area contributed by atoms with Crippen molar-refractivity contribution in [3.8, 4) is 0 Å². The molecule has 2 aromatic carbocycles. The molecule has 1 atom stereocenters.